The molecule has 0 unspecified atom stereocenters. The van der Waals surface area contributed by atoms with Gasteiger partial charge in [-0.05, 0) is 106 Å². The van der Waals surface area contributed by atoms with Gasteiger partial charge in [0.2, 0.25) is 5.91 Å². The van der Waals surface area contributed by atoms with Gasteiger partial charge in [-0.25, -0.2) is 19.1 Å². The average molecular weight is 940 g/mol. The molecule has 4 aromatic heterocycles. The fraction of sp³-hybridized carbons (Fsp3) is 0.426. The molecule has 6 aromatic rings. The van der Waals surface area contributed by atoms with Crippen molar-refractivity contribution in [3.05, 3.63) is 103 Å². The van der Waals surface area contributed by atoms with Crippen LogP contribution in [0.25, 0.3) is 38.9 Å². The molecule has 1 saturated carbocycles. The minimum absolute atomic E-state index is 0.0568. The van der Waals surface area contributed by atoms with Gasteiger partial charge in [0.25, 0.3) is 11.5 Å². The van der Waals surface area contributed by atoms with Crippen molar-refractivity contribution in [3.8, 4) is 16.9 Å². The van der Waals surface area contributed by atoms with E-state index in [1.54, 1.807) is 41.0 Å². The Morgan fingerprint density at radius 3 is 2.29 bits per heavy atom. The number of anilines is 1. The molecule has 4 amide bonds. The van der Waals surface area contributed by atoms with Gasteiger partial charge in [0.15, 0.2) is 0 Å². The Morgan fingerprint density at radius 1 is 0.846 bits per heavy atom. The van der Waals surface area contributed by atoms with E-state index < -0.39 is 17.3 Å². The van der Waals surface area contributed by atoms with Gasteiger partial charge in [0.1, 0.15) is 5.65 Å². The van der Waals surface area contributed by atoms with Gasteiger partial charge in [-0.15, -0.1) is 0 Å². The maximum Gasteiger partial charge on any atom is 0.336 e. The number of amides is 4. The zero-order chi connectivity index (χ0) is 45.1. The Bertz CT molecular complexity index is 2970. The smallest absolute Gasteiger partial charge is 0.336 e. The highest BCUT2D eigenvalue weighted by atomic mass is 35.5. The Labute approximate surface area is 389 Å². The van der Waals surface area contributed by atoms with Crippen LogP contribution in [0.2, 0.25) is 15.1 Å². The molecule has 18 heteroatoms. The molecule has 7 heterocycles. The van der Waals surface area contributed by atoms with E-state index in [0.717, 1.165) is 61.1 Å². The second-order valence-electron chi connectivity index (χ2n) is 18.1. The summed E-state index contributed by atoms with van der Waals surface area (Å²) in [5, 5.41) is 8.82. The van der Waals surface area contributed by atoms with Gasteiger partial charge in [-0.1, -0.05) is 40.9 Å². The summed E-state index contributed by atoms with van der Waals surface area (Å²) >= 11 is 19.3. The number of halogens is 3. The van der Waals surface area contributed by atoms with E-state index in [1.165, 1.54) is 36.8 Å². The Morgan fingerprint density at radius 2 is 1.58 bits per heavy atom. The highest BCUT2D eigenvalue weighted by Crippen LogP contribution is 2.47. The first-order valence-corrected chi connectivity index (χ1v) is 23.6. The molecule has 10 rings (SSSR count). The zero-order valence-corrected chi connectivity index (χ0v) is 38.3. The van der Waals surface area contributed by atoms with Crippen molar-refractivity contribution in [2.24, 2.45) is 11.3 Å². The first kappa shape index (κ1) is 43.4. The molecule has 3 saturated heterocycles. The first-order valence-electron chi connectivity index (χ1n) is 22.5. The molecule has 1 spiro atoms. The number of carbonyl (C=O) groups is 3. The quantitative estimate of drug-likeness (QED) is 0.155. The van der Waals surface area contributed by atoms with Crippen LogP contribution in [0.1, 0.15) is 81.1 Å². The number of benzene rings is 2. The van der Waals surface area contributed by atoms with Crippen LogP contribution in [0.15, 0.2) is 70.6 Å². The summed E-state index contributed by atoms with van der Waals surface area (Å²) in [5.74, 6) is 0.285. The average Bonchev–Trinajstić information content (AvgIpc) is 3.98. The van der Waals surface area contributed by atoms with Crippen molar-refractivity contribution in [2.75, 3.05) is 44.2 Å². The highest BCUT2D eigenvalue weighted by molar-refractivity contribution is 6.37. The van der Waals surface area contributed by atoms with Crippen molar-refractivity contribution in [2.45, 2.75) is 77.3 Å². The van der Waals surface area contributed by atoms with Crippen LogP contribution < -0.4 is 21.5 Å². The van der Waals surface area contributed by atoms with E-state index in [2.05, 4.69) is 31.1 Å². The number of carbonyl (C=O) groups excluding carboxylic acids is 3. The van der Waals surface area contributed by atoms with Gasteiger partial charge >= 0.3 is 11.7 Å². The standard InChI is InChI=1S/C47H49Cl3N10O5/c1-2-57-40-32-23-37(53-42(32)51-25-33(40)44(63)60(46(57)65)41-35(49)4-3-5-36(41)50)30-24-52-59(27-30)31-10-17-55(18-11-31)26-28-8-13-47(14-9-28)15-20-56(21-16-47)43(62)29-6-7-34(48)38(22-29)58-19-12-39(61)54-45(58)64/h3-7,22-25,27-28,31H,2,8-21,26H2,1H3,(H,51,53)(H,54,61,64). The minimum Gasteiger partial charge on any atom is -0.339 e. The number of piperidine rings is 2. The van der Waals surface area contributed by atoms with E-state index in [9.17, 15) is 24.0 Å². The second kappa shape index (κ2) is 17.4. The lowest BCUT2D eigenvalue weighted by Gasteiger charge is -2.47. The predicted molar refractivity (Wildman–Crippen MR) is 252 cm³/mol. The van der Waals surface area contributed by atoms with E-state index in [1.807, 2.05) is 24.1 Å². The fourth-order valence-corrected chi connectivity index (χ4v) is 11.5. The van der Waals surface area contributed by atoms with Crippen LogP contribution in [0.4, 0.5) is 10.5 Å². The van der Waals surface area contributed by atoms with Crippen molar-refractivity contribution in [1.82, 2.24) is 44.0 Å². The SMILES string of the molecule is CCn1c(=O)n(-c2c(Cl)cccc2Cl)c(=O)c2cnc3[nH]c(-c4cnn(C5CCN(CC6CCC7(CC6)CCN(C(=O)c6ccc(Cl)c(N8CCC(=O)NC8=O)c6)CC7)CC5)c4)cc3c21. The summed E-state index contributed by atoms with van der Waals surface area (Å²) < 4.78 is 4.66. The van der Waals surface area contributed by atoms with Gasteiger partial charge in [0.05, 0.1) is 55.3 Å². The molecule has 338 valence electrons. The summed E-state index contributed by atoms with van der Waals surface area (Å²) in [4.78, 5) is 79.6. The summed E-state index contributed by atoms with van der Waals surface area (Å²) in [6, 6.07) is 11.6. The molecule has 0 radical (unpaired) electrons. The monoisotopic (exact) mass is 938 g/mol. The van der Waals surface area contributed by atoms with Crippen LogP contribution >= 0.6 is 34.8 Å². The van der Waals surface area contributed by atoms with Gasteiger partial charge in [0, 0.05) is 81.1 Å². The lowest BCUT2D eigenvalue weighted by Crippen LogP contribution is -2.49. The van der Waals surface area contributed by atoms with Crippen molar-refractivity contribution >= 4 is 80.3 Å². The number of hydrogen-bond donors (Lipinski definition) is 2. The number of urea groups is 1. The molecule has 65 heavy (non-hydrogen) atoms. The normalized spacial score (nSPS) is 18.9. The highest BCUT2D eigenvalue weighted by Gasteiger charge is 2.40. The molecular formula is C47H49Cl3N10O5. The maximum absolute atomic E-state index is 13.9. The number of likely N-dealkylation sites (tertiary alicyclic amines) is 2. The number of para-hydroxylation sites is 1. The largest absolute Gasteiger partial charge is 0.339 e. The van der Waals surface area contributed by atoms with Crippen molar-refractivity contribution in [3.63, 3.8) is 0 Å². The molecule has 3 aliphatic heterocycles. The summed E-state index contributed by atoms with van der Waals surface area (Å²) in [6.45, 7) is 6.93. The van der Waals surface area contributed by atoms with Gasteiger partial charge < -0.3 is 14.8 Å². The maximum atomic E-state index is 13.9. The van der Waals surface area contributed by atoms with Crippen LogP contribution in [-0.2, 0) is 11.3 Å². The number of imide groups is 1. The molecule has 0 atom stereocenters. The van der Waals surface area contributed by atoms with Crippen LogP contribution in [0.5, 0.6) is 0 Å². The molecule has 1 aliphatic carbocycles. The van der Waals surface area contributed by atoms with E-state index in [4.69, 9.17) is 39.9 Å². The van der Waals surface area contributed by atoms with Crippen LogP contribution in [0, 0.1) is 11.3 Å². The third-order valence-electron chi connectivity index (χ3n) is 14.4. The third-order valence-corrected chi connectivity index (χ3v) is 15.3. The number of nitrogens with one attached hydrogen (secondary N) is 2. The Hall–Kier alpha value is -5.48. The van der Waals surface area contributed by atoms with E-state index in [-0.39, 0.29) is 57.4 Å². The van der Waals surface area contributed by atoms with Crippen molar-refractivity contribution in [1.29, 1.82) is 0 Å². The molecule has 2 aromatic carbocycles. The number of H-pyrrole nitrogens is 1. The molecule has 0 bridgehead atoms. The second-order valence-corrected chi connectivity index (χ2v) is 19.3. The van der Waals surface area contributed by atoms with E-state index in [0.29, 0.717) is 58.4 Å². The minimum atomic E-state index is -0.542. The number of aromatic nitrogens is 6. The third kappa shape index (κ3) is 8.04. The number of aryl methyl sites for hydroxylation is 1. The molecule has 4 aliphatic rings. The number of hydrogen-bond acceptors (Lipinski definition) is 8. The fourth-order valence-electron chi connectivity index (χ4n) is 10.7. The molecule has 4 fully saturated rings. The van der Waals surface area contributed by atoms with Crippen LogP contribution in [-0.4, -0.2) is 95.8 Å². The Balaban J connectivity index is 0.737. The molecule has 2 N–H and O–H groups in total. The van der Waals surface area contributed by atoms with E-state index >= 15 is 0 Å². The number of pyridine rings is 1. The number of nitrogens with zero attached hydrogens (tertiary/aromatic N) is 8. The van der Waals surface area contributed by atoms with Crippen LogP contribution in [0.3, 0.4) is 0 Å². The first-order chi connectivity index (χ1) is 31.4. The van der Waals surface area contributed by atoms with Crippen molar-refractivity contribution < 1.29 is 14.4 Å². The molecular weight excluding hydrogens is 891 g/mol. The van der Waals surface area contributed by atoms with Gasteiger partial charge in [-0.3, -0.25) is 33.8 Å². The summed E-state index contributed by atoms with van der Waals surface area (Å²) in [7, 11) is 0. The molecule has 15 nitrogen and oxygen atoms in total. The lowest BCUT2D eigenvalue weighted by molar-refractivity contribution is -0.120. The topological polar surface area (TPSA) is 163 Å². The van der Waals surface area contributed by atoms with Gasteiger partial charge in [-0.2, -0.15) is 5.10 Å². The summed E-state index contributed by atoms with van der Waals surface area (Å²) in [5.41, 5.74) is 3.04. The lowest BCUT2D eigenvalue weighted by atomic mass is 9.65. The number of rotatable bonds is 8. The zero-order valence-electron chi connectivity index (χ0n) is 36.0. The predicted octanol–water partition coefficient (Wildman–Crippen LogP) is 8.07. The summed E-state index contributed by atoms with van der Waals surface area (Å²) in [6.07, 6.45) is 14.4. The Kier molecular flexibility index (Phi) is 11.6. The number of fused-ring (bicyclic) bond motifs is 3. The number of aromatic amines is 1.